The summed E-state index contributed by atoms with van der Waals surface area (Å²) in [6.07, 6.45) is 0. The molecule has 0 fully saturated rings. The SMILES string of the molecule is CCOc1ccccc1NC(=S)Nc1ccc(C)c(Cl)c1. The minimum Gasteiger partial charge on any atom is -0.492 e. The van der Waals surface area contributed by atoms with Gasteiger partial charge in [0.1, 0.15) is 5.75 Å². The van der Waals surface area contributed by atoms with Crippen LogP contribution >= 0.6 is 23.8 Å². The average molecular weight is 321 g/mol. The van der Waals surface area contributed by atoms with E-state index in [4.69, 9.17) is 28.6 Å². The Balaban J connectivity index is 2.06. The fourth-order valence-corrected chi connectivity index (χ4v) is 2.21. The van der Waals surface area contributed by atoms with Crippen LogP contribution in [0.4, 0.5) is 11.4 Å². The van der Waals surface area contributed by atoms with Gasteiger partial charge in [-0.25, -0.2) is 0 Å². The van der Waals surface area contributed by atoms with Gasteiger partial charge in [-0.2, -0.15) is 0 Å². The number of ether oxygens (including phenoxy) is 1. The first-order valence-electron chi connectivity index (χ1n) is 6.66. The summed E-state index contributed by atoms with van der Waals surface area (Å²) in [5, 5.41) is 7.43. The van der Waals surface area contributed by atoms with Crippen molar-refractivity contribution in [1.29, 1.82) is 0 Å². The van der Waals surface area contributed by atoms with Gasteiger partial charge in [0.2, 0.25) is 0 Å². The summed E-state index contributed by atoms with van der Waals surface area (Å²) in [6, 6.07) is 13.4. The Morgan fingerprint density at radius 3 is 2.67 bits per heavy atom. The molecule has 110 valence electrons. The number of anilines is 2. The molecule has 0 spiro atoms. The van der Waals surface area contributed by atoms with Crippen LogP contribution in [0.1, 0.15) is 12.5 Å². The molecule has 0 aromatic heterocycles. The van der Waals surface area contributed by atoms with Gasteiger partial charge in [-0.3, -0.25) is 0 Å². The molecule has 2 aromatic rings. The highest BCUT2D eigenvalue weighted by Gasteiger charge is 2.05. The van der Waals surface area contributed by atoms with Gasteiger partial charge in [0.05, 0.1) is 12.3 Å². The standard InChI is InChI=1S/C16H17ClN2OS/c1-3-20-15-7-5-4-6-14(15)19-16(21)18-12-9-8-11(2)13(17)10-12/h4-10H,3H2,1-2H3,(H2,18,19,21). The van der Waals surface area contributed by atoms with Crippen LogP contribution in [0.3, 0.4) is 0 Å². The van der Waals surface area contributed by atoms with E-state index >= 15 is 0 Å². The molecule has 0 aliphatic rings. The van der Waals surface area contributed by atoms with Gasteiger partial charge in [0, 0.05) is 10.7 Å². The summed E-state index contributed by atoms with van der Waals surface area (Å²) >= 11 is 11.4. The maximum Gasteiger partial charge on any atom is 0.175 e. The number of aryl methyl sites for hydroxylation is 1. The van der Waals surface area contributed by atoms with E-state index in [1.807, 2.05) is 56.3 Å². The van der Waals surface area contributed by atoms with E-state index in [1.165, 1.54) is 0 Å². The lowest BCUT2D eigenvalue weighted by atomic mass is 10.2. The Labute approximate surface area is 135 Å². The van der Waals surface area contributed by atoms with Crippen molar-refractivity contribution in [3.63, 3.8) is 0 Å². The molecule has 0 heterocycles. The summed E-state index contributed by atoms with van der Waals surface area (Å²) in [5.74, 6) is 0.770. The highest BCUT2D eigenvalue weighted by Crippen LogP contribution is 2.24. The Hall–Kier alpha value is -1.78. The second-order valence-corrected chi connectivity index (χ2v) is 5.29. The predicted octanol–water partition coefficient (Wildman–Crippen LogP) is 4.86. The first kappa shape index (κ1) is 15.6. The monoisotopic (exact) mass is 320 g/mol. The maximum atomic E-state index is 6.10. The van der Waals surface area contributed by atoms with Crippen molar-refractivity contribution in [2.24, 2.45) is 0 Å². The summed E-state index contributed by atoms with van der Waals surface area (Å²) < 4.78 is 5.55. The zero-order chi connectivity index (χ0) is 15.2. The fourth-order valence-electron chi connectivity index (χ4n) is 1.81. The Morgan fingerprint density at radius 2 is 1.95 bits per heavy atom. The minimum absolute atomic E-state index is 0.488. The highest BCUT2D eigenvalue weighted by atomic mass is 35.5. The highest BCUT2D eigenvalue weighted by molar-refractivity contribution is 7.80. The van der Waals surface area contributed by atoms with Gasteiger partial charge in [-0.15, -0.1) is 0 Å². The van der Waals surface area contributed by atoms with Crippen molar-refractivity contribution in [2.45, 2.75) is 13.8 Å². The molecule has 0 aliphatic carbocycles. The topological polar surface area (TPSA) is 33.3 Å². The minimum atomic E-state index is 0.488. The van der Waals surface area contributed by atoms with Crippen LogP contribution in [0, 0.1) is 6.92 Å². The second kappa shape index (κ2) is 7.29. The van der Waals surface area contributed by atoms with Crippen LogP contribution in [0.25, 0.3) is 0 Å². The van der Waals surface area contributed by atoms with Gasteiger partial charge in [0.25, 0.3) is 0 Å². The van der Waals surface area contributed by atoms with Gasteiger partial charge < -0.3 is 15.4 Å². The van der Waals surface area contributed by atoms with Crippen molar-refractivity contribution < 1.29 is 4.74 Å². The molecule has 0 radical (unpaired) electrons. The van der Waals surface area contributed by atoms with Crippen LogP contribution in [0.5, 0.6) is 5.75 Å². The van der Waals surface area contributed by atoms with Crippen LogP contribution < -0.4 is 15.4 Å². The second-order valence-electron chi connectivity index (χ2n) is 4.47. The van der Waals surface area contributed by atoms with Crippen molar-refractivity contribution in [3.8, 4) is 5.75 Å². The van der Waals surface area contributed by atoms with Crippen LogP contribution in [0.2, 0.25) is 5.02 Å². The third kappa shape index (κ3) is 4.34. The lowest BCUT2D eigenvalue weighted by Crippen LogP contribution is -2.19. The van der Waals surface area contributed by atoms with Crippen LogP contribution in [-0.4, -0.2) is 11.7 Å². The third-order valence-electron chi connectivity index (χ3n) is 2.86. The number of nitrogens with one attached hydrogen (secondary N) is 2. The largest absolute Gasteiger partial charge is 0.492 e. The number of para-hydroxylation sites is 2. The molecule has 2 rings (SSSR count). The van der Waals surface area contributed by atoms with Crippen LogP contribution in [0.15, 0.2) is 42.5 Å². The fraction of sp³-hybridized carbons (Fsp3) is 0.188. The summed E-state index contributed by atoms with van der Waals surface area (Å²) in [7, 11) is 0. The molecule has 2 N–H and O–H groups in total. The number of hydrogen-bond donors (Lipinski definition) is 2. The number of thiocarbonyl (C=S) groups is 1. The lowest BCUT2D eigenvalue weighted by molar-refractivity contribution is 0.342. The number of benzene rings is 2. The van der Waals surface area contributed by atoms with E-state index in [-0.39, 0.29) is 0 Å². The van der Waals surface area contributed by atoms with Gasteiger partial charge in [-0.1, -0.05) is 29.8 Å². The zero-order valence-corrected chi connectivity index (χ0v) is 13.5. The number of hydrogen-bond acceptors (Lipinski definition) is 2. The van der Waals surface area contributed by atoms with E-state index in [9.17, 15) is 0 Å². The number of halogens is 1. The lowest BCUT2D eigenvalue weighted by Gasteiger charge is -2.14. The molecule has 0 aliphatic heterocycles. The molecule has 0 saturated heterocycles. The summed E-state index contributed by atoms with van der Waals surface area (Å²) in [5.41, 5.74) is 2.70. The first-order chi connectivity index (χ1) is 10.1. The maximum absolute atomic E-state index is 6.10. The predicted molar refractivity (Wildman–Crippen MR) is 93.6 cm³/mol. The Bertz CT molecular complexity index is 646. The molecule has 3 nitrogen and oxygen atoms in total. The van der Waals surface area contributed by atoms with Crippen molar-refractivity contribution in [3.05, 3.63) is 53.1 Å². The zero-order valence-electron chi connectivity index (χ0n) is 11.9. The summed E-state index contributed by atoms with van der Waals surface area (Å²) in [6.45, 7) is 4.51. The Morgan fingerprint density at radius 1 is 1.19 bits per heavy atom. The molecule has 0 saturated carbocycles. The van der Waals surface area contributed by atoms with Crippen molar-refractivity contribution >= 4 is 40.3 Å². The van der Waals surface area contributed by atoms with E-state index < -0.39 is 0 Å². The van der Waals surface area contributed by atoms with Crippen molar-refractivity contribution in [1.82, 2.24) is 0 Å². The molecule has 21 heavy (non-hydrogen) atoms. The van der Waals surface area contributed by atoms with E-state index in [0.29, 0.717) is 16.7 Å². The average Bonchev–Trinajstić information content (AvgIpc) is 2.45. The van der Waals surface area contributed by atoms with Crippen LogP contribution in [-0.2, 0) is 0 Å². The summed E-state index contributed by atoms with van der Waals surface area (Å²) in [4.78, 5) is 0. The molecule has 0 atom stereocenters. The molecule has 5 heteroatoms. The first-order valence-corrected chi connectivity index (χ1v) is 7.44. The molecule has 2 aromatic carbocycles. The number of rotatable bonds is 4. The molecule has 0 bridgehead atoms. The molecular weight excluding hydrogens is 304 g/mol. The quantitative estimate of drug-likeness (QED) is 0.788. The van der Waals surface area contributed by atoms with Gasteiger partial charge >= 0.3 is 0 Å². The van der Waals surface area contributed by atoms with E-state index in [1.54, 1.807) is 0 Å². The smallest absolute Gasteiger partial charge is 0.175 e. The third-order valence-corrected chi connectivity index (χ3v) is 3.48. The molecule has 0 unspecified atom stereocenters. The molecule has 0 amide bonds. The van der Waals surface area contributed by atoms with Gasteiger partial charge in [-0.05, 0) is 55.9 Å². The molecular formula is C16H17ClN2OS. The Kier molecular flexibility index (Phi) is 5.42. The van der Waals surface area contributed by atoms with E-state index in [2.05, 4.69) is 10.6 Å². The van der Waals surface area contributed by atoms with Gasteiger partial charge in [0.15, 0.2) is 5.11 Å². The van der Waals surface area contributed by atoms with E-state index in [0.717, 1.165) is 22.7 Å². The normalized spacial score (nSPS) is 10.0. The van der Waals surface area contributed by atoms with Crippen molar-refractivity contribution in [2.75, 3.05) is 17.2 Å².